The van der Waals surface area contributed by atoms with Crippen molar-refractivity contribution in [3.63, 3.8) is 0 Å². The molecule has 0 amide bonds. The van der Waals surface area contributed by atoms with Gasteiger partial charge in [-0.25, -0.2) is 4.98 Å². The lowest BCUT2D eigenvalue weighted by Crippen LogP contribution is -2.31. The largest absolute Gasteiger partial charge is 0.507 e. The fraction of sp³-hybridized carbons (Fsp3) is 0.414. The molecule has 8 heteroatoms. The standard InChI is InChI=1S/C29H35N7O/c37-25-8-4-3-7-24(25)22-11-9-20(10-12-22)17-31-27-26-28(36(19-33-26)23-5-1-2-6-23)35-29(34-27)32-18-21-13-15-30-16-14-21/h3-4,7-12,19,21,23,30,37H,1-2,5-6,13-18H2,(H2,31,32,34,35). The number of nitrogens with one attached hydrogen (secondary N) is 3. The number of fused-ring (bicyclic) bond motifs is 1. The summed E-state index contributed by atoms with van der Waals surface area (Å²) in [6.45, 7) is 3.67. The Kier molecular flexibility index (Phi) is 6.90. The number of rotatable bonds is 8. The number of piperidine rings is 1. The van der Waals surface area contributed by atoms with Crippen molar-refractivity contribution in [1.29, 1.82) is 0 Å². The van der Waals surface area contributed by atoms with Crippen LogP contribution in [0.1, 0.15) is 50.1 Å². The van der Waals surface area contributed by atoms with E-state index in [0.29, 0.717) is 30.2 Å². The molecule has 4 N–H and O–H groups in total. The first-order valence-electron chi connectivity index (χ1n) is 13.5. The van der Waals surface area contributed by atoms with E-state index in [1.54, 1.807) is 6.07 Å². The Morgan fingerprint density at radius 1 is 0.919 bits per heavy atom. The highest BCUT2D eigenvalue weighted by molar-refractivity contribution is 5.84. The molecule has 4 aromatic rings. The number of para-hydroxylation sites is 1. The van der Waals surface area contributed by atoms with Crippen LogP contribution in [0.25, 0.3) is 22.3 Å². The van der Waals surface area contributed by atoms with Gasteiger partial charge in [0.2, 0.25) is 5.95 Å². The van der Waals surface area contributed by atoms with E-state index >= 15 is 0 Å². The molecular weight excluding hydrogens is 462 g/mol. The molecule has 2 fully saturated rings. The van der Waals surface area contributed by atoms with Crippen LogP contribution in [0.3, 0.4) is 0 Å². The second-order valence-electron chi connectivity index (χ2n) is 10.3. The zero-order chi connectivity index (χ0) is 25.0. The Bertz CT molecular complexity index is 1340. The van der Waals surface area contributed by atoms with Crippen molar-refractivity contribution in [1.82, 2.24) is 24.8 Å². The number of benzene rings is 2. The number of imidazole rings is 1. The topological polar surface area (TPSA) is 99.9 Å². The summed E-state index contributed by atoms with van der Waals surface area (Å²) in [5, 5.41) is 20.7. The lowest BCUT2D eigenvalue weighted by molar-refractivity contribution is 0.389. The molecule has 1 saturated carbocycles. The Balaban J connectivity index is 1.23. The predicted octanol–water partition coefficient (Wildman–Crippen LogP) is 5.34. The molecule has 0 atom stereocenters. The average Bonchev–Trinajstić information content (AvgIpc) is 3.62. The Labute approximate surface area is 217 Å². The Morgan fingerprint density at radius 3 is 2.49 bits per heavy atom. The molecule has 0 spiro atoms. The fourth-order valence-corrected chi connectivity index (χ4v) is 5.60. The van der Waals surface area contributed by atoms with E-state index in [0.717, 1.165) is 53.3 Å². The minimum atomic E-state index is 0.291. The highest BCUT2D eigenvalue weighted by Gasteiger charge is 2.22. The van der Waals surface area contributed by atoms with Gasteiger partial charge in [-0.05, 0) is 61.9 Å². The maximum absolute atomic E-state index is 10.2. The molecule has 192 valence electrons. The van der Waals surface area contributed by atoms with Crippen LogP contribution >= 0.6 is 0 Å². The van der Waals surface area contributed by atoms with Gasteiger partial charge in [0.05, 0.1) is 6.33 Å². The van der Waals surface area contributed by atoms with Crippen LogP contribution in [0.2, 0.25) is 0 Å². The average molecular weight is 498 g/mol. The van der Waals surface area contributed by atoms with Crippen molar-refractivity contribution >= 4 is 22.9 Å². The van der Waals surface area contributed by atoms with Gasteiger partial charge in [-0.3, -0.25) is 0 Å². The van der Waals surface area contributed by atoms with Crippen molar-refractivity contribution in [2.75, 3.05) is 30.3 Å². The number of phenols is 1. The molecule has 2 aromatic carbocycles. The van der Waals surface area contributed by atoms with Gasteiger partial charge in [0, 0.05) is 24.7 Å². The monoisotopic (exact) mass is 497 g/mol. The number of hydrogen-bond acceptors (Lipinski definition) is 7. The third-order valence-electron chi connectivity index (χ3n) is 7.78. The molecule has 3 heterocycles. The second-order valence-corrected chi connectivity index (χ2v) is 10.3. The van der Waals surface area contributed by atoms with Gasteiger partial charge in [-0.15, -0.1) is 0 Å². The molecule has 1 saturated heterocycles. The van der Waals surface area contributed by atoms with E-state index in [2.05, 4.69) is 32.7 Å². The number of phenolic OH excluding ortho intramolecular Hbond substituents is 1. The predicted molar refractivity (Wildman–Crippen MR) is 148 cm³/mol. The van der Waals surface area contributed by atoms with Crippen molar-refractivity contribution in [3.05, 3.63) is 60.4 Å². The van der Waals surface area contributed by atoms with Gasteiger partial charge in [-0.2, -0.15) is 9.97 Å². The molecule has 0 bridgehead atoms. The van der Waals surface area contributed by atoms with E-state index in [9.17, 15) is 5.11 Å². The number of aromatic nitrogens is 4. The van der Waals surface area contributed by atoms with Gasteiger partial charge in [0.1, 0.15) is 5.75 Å². The van der Waals surface area contributed by atoms with Crippen LogP contribution in [-0.2, 0) is 6.54 Å². The summed E-state index contributed by atoms with van der Waals surface area (Å²) in [6.07, 6.45) is 9.18. The Hall–Kier alpha value is -3.65. The molecule has 1 aliphatic carbocycles. The van der Waals surface area contributed by atoms with E-state index < -0.39 is 0 Å². The lowest BCUT2D eigenvalue weighted by atomic mass is 9.98. The molecule has 2 aromatic heterocycles. The molecular formula is C29H35N7O. The maximum Gasteiger partial charge on any atom is 0.226 e. The highest BCUT2D eigenvalue weighted by Crippen LogP contribution is 2.33. The highest BCUT2D eigenvalue weighted by atomic mass is 16.3. The molecule has 6 rings (SSSR count). The van der Waals surface area contributed by atoms with E-state index in [1.165, 1.54) is 38.5 Å². The van der Waals surface area contributed by atoms with E-state index in [-0.39, 0.29) is 0 Å². The summed E-state index contributed by atoms with van der Waals surface area (Å²) in [7, 11) is 0. The smallest absolute Gasteiger partial charge is 0.226 e. The summed E-state index contributed by atoms with van der Waals surface area (Å²) < 4.78 is 2.26. The van der Waals surface area contributed by atoms with Crippen molar-refractivity contribution in [2.24, 2.45) is 5.92 Å². The number of anilines is 2. The zero-order valence-electron chi connectivity index (χ0n) is 21.2. The quantitative estimate of drug-likeness (QED) is 0.261. The summed E-state index contributed by atoms with van der Waals surface area (Å²) in [5.74, 6) is 2.36. The van der Waals surface area contributed by atoms with Crippen LogP contribution < -0.4 is 16.0 Å². The molecule has 37 heavy (non-hydrogen) atoms. The van der Waals surface area contributed by atoms with Crippen molar-refractivity contribution in [3.8, 4) is 16.9 Å². The first-order valence-corrected chi connectivity index (χ1v) is 13.5. The van der Waals surface area contributed by atoms with Crippen molar-refractivity contribution in [2.45, 2.75) is 51.1 Å². The lowest BCUT2D eigenvalue weighted by Gasteiger charge is -2.23. The molecule has 2 aliphatic rings. The van der Waals surface area contributed by atoms with E-state index in [4.69, 9.17) is 15.0 Å². The van der Waals surface area contributed by atoms with Crippen LogP contribution in [-0.4, -0.2) is 44.3 Å². The molecule has 8 nitrogen and oxygen atoms in total. The van der Waals surface area contributed by atoms with Gasteiger partial charge in [0.25, 0.3) is 0 Å². The minimum absolute atomic E-state index is 0.291. The summed E-state index contributed by atoms with van der Waals surface area (Å²) >= 11 is 0. The molecule has 0 radical (unpaired) electrons. The van der Waals surface area contributed by atoms with Gasteiger partial charge in [0.15, 0.2) is 17.0 Å². The van der Waals surface area contributed by atoms with Gasteiger partial charge < -0.3 is 25.6 Å². The normalized spacial score (nSPS) is 16.9. The maximum atomic E-state index is 10.2. The second kappa shape index (κ2) is 10.8. The van der Waals surface area contributed by atoms with Crippen LogP contribution in [0, 0.1) is 5.92 Å². The third kappa shape index (κ3) is 5.25. The summed E-state index contributed by atoms with van der Waals surface area (Å²) in [6, 6.07) is 16.1. The van der Waals surface area contributed by atoms with Crippen molar-refractivity contribution < 1.29 is 5.11 Å². The summed E-state index contributed by atoms with van der Waals surface area (Å²) in [5.41, 5.74) is 4.69. The third-order valence-corrected chi connectivity index (χ3v) is 7.78. The Morgan fingerprint density at radius 2 is 1.70 bits per heavy atom. The molecule has 1 aliphatic heterocycles. The zero-order valence-corrected chi connectivity index (χ0v) is 21.2. The number of hydrogen-bond donors (Lipinski definition) is 4. The minimum Gasteiger partial charge on any atom is -0.507 e. The fourth-order valence-electron chi connectivity index (χ4n) is 5.60. The first kappa shape index (κ1) is 23.7. The van der Waals surface area contributed by atoms with Crippen LogP contribution in [0.15, 0.2) is 54.9 Å². The van der Waals surface area contributed by atoms with Gasteiger partial charge in [-0.1, -0.05) is 55.3 Å². The van der Waals surface area contributed by atoms with Gasteiger partial charge >= 0.3 is 0 Å². The van der Waals surface area contributed by atoms with E-state index in [1.807, 2.05) is 36.7 Å². The SMILES string of the molecule is Oc1ccccc1-c1ccc(CNc2nc(NCC3CCNCC3)nc3c2ncn3C2CCCC2)cc1. The molecule has 0 unspecified atom stereocenters. The first-order chi connectivity index (χ1) is 18.2. The number of nitrogens with zero attached hydrogens (tertiary/aromatic N) is 4. The van der Waals surface area contributed by atoms with Crippen LogP contribution in [0.5, 0.6) is 5.75 Å². The summed E-state index contributed by atoms with van der Waals surface area (Å²) in [4.78, 5) is 14.5. The number of aromatic hydroxyl groups is 1. The van der Waals surface area contributed by atoms with Crippen LogP contribution in [0.4, 0.5) is 11.8 Å².